The third-order valence-corrected chi connectivity index (χ3v) is 3.53. The van der Waals surface area contributed by atoms with Crippen LogP contribution in [0.3, 0.4) is 0 Å². The van der Waals surface area contributed by atoms with Crippen molar-refractivity contribution in [2.45, 2.75) is 39.0 Å². The second-order valence-corrected chi connectivity index (χ2v) is 5.54. The highest BCUT2D eigenvalue weighted by Crippen LogP contribution is 2.35. The highest BCUT2D eigenvalue weighted by molar-refractivity contribution is 5.65. The Morgan fingerprint density at radius 2 is 1.95 bits per heavy atom. The highest BCUT2D eigenvalue weighted by atomic mass is 19.1. The fourth-order valence-electron chi connectivity index (χ4n) is 2.58. The van der Waals surface area contributed by atoms with Gasteiger partial charge in [0.15, 0.2) is 0 Å². The average Bonchev–Trinajstić information content (AvgIpc) is 2.39. The third-order valence-electron chi connectivity index (χ3n) is 3.53. The Hall–Kier alpha value is -1.70. The molecule has 0 N–H and O–H groups in total. The van der Waals surface area contributed by atoms with Gasteiger partial charge in [-0.2, -0.15) is 0 Å². The lowest BCUT2D eigenvalue weighted by atomic mass is 9.77. The number of halogens is 1. The summed E-state index contributed by atoms with van der Waals surface area (Å²) in [7, 11) is 0. The quantitative estimate of drug-likeness (QED) is 0.754. The topological polar surface area (TPSA) is 12.9 Å². The SMILES string of the molecule is CCCC(C)(C)c1cc(F)ccc1-c1ccccn1. The van der Waals surface area contributed by atoms with Crippen molar-refractivity contribution in [2.75, 3.05) is 0 Å². The summed E-state index contributed by atoms with van der Waals surface area (Å²) in [5, 5.41) is 0. The molecule has 19 heavy (non-hydrogen) atoms. The second kappa shape index (κ2) is 5.52. The third kappa shape index (κ3) is 3.01. The van der Waals surface area contributed by atoms with E-state index in [4.69, 9.17) is 0 Å². The van der Waals surface area contributed by atoms with E-state index < -0.39 is 0 Å². The van der Waals surface area contributed by atoms with Crippen LogP contribution in [0.15, 0.2) is 42.6 Å². The molecule has 0 radical (unpaired) electrons. The zero-order valence-electron chi connectivity index (χ0n) is 11.8. The molecule has 0 spiro atoms. The first-order chi connectivity index (χ1) is 9.04. The summed E-state index contributed by atoms with van der Waals surface area (Å²) in [5.74, 6) is -0.182. The van der Waals surface area contributed by atoms with Gasteiger partial charge in [0.25, 0.3) is 0 Å². The molecule has 0 amide bonds. The predicted molar refractivity (Wildman–Crippen MR) is 77.6 cm³/mol. The van der Waals surface area contributed by atoms with E-state index in [-0.39, 0.29) is 11.2 Å². The number of aromatic nitrogens is 1. The van der Waals surface area contributed by atoms with Gasteiger partial charge >= 0.3 is 0 Å². The van der Waals surface area contributed by atoms with Crippen LogP contribution in [0, 0.1) is 5.82 Å². The lowest BCUT2D eigenvalue weighted by molar-refractivity contribution is 0.470. The molecule has 1 nitrogen and oxygen atoms in total. The van der Waals surface area contributed by atoms with Crippen molar-refractivity contribution in [1.29, 1.82) is 0 Å². The molecule has 100 valence electrons. The van der Waals surface area contributed by atoms with Crippen molar-refractivity contribution >= 4 is 0 Å². The summed E-state index contributed by atoms with van der Waals surface area (Å²) < 4.78 is 13.6. The first-order valence-corrected chi connectivity index (χ1v) is 6.76. The van der Waals surface area contributed by atoms with Crippen LogP contribution in [0.2, 0.25) is 0 Å². The van der Waals surface area contributed by atoms with Crippen LogP contribution in [0.1, 0.15) is 39.2 Å². The average molecular weight is 257 g/mol. The van der Waals surface area contributed by atoms with E-state index in [1.807, 2.05) is 24.3 Å². The van der Waals surface area contributed by atoms with Crippen LogP contribution in [-0.2, 0) is 5.41 Å². The van der Waals surface area contributed by atoms with Crippen molar-refractivity contribution in [1.82, 2.24) is 4.98 Å². The zero-order chi connectivity index (χ0) is 13.9. The van der Waals surface area contributed by atoms with Crippen LogP contribution < -0.4 is 0 Å². The maximum Gasteiger partial charge on any atom is 0.123 e. The predicted octanol–water partition coefficient (Wildman–Crippen LogP) is 4.97. The van der Waals surface area contributed by atoms with Crippen molar-refractivity contribution in [3.05, 3.63) is 54.0 Å². The van der Waals surface area contributed by atoms with Gasteiger partial charge in [0.1, 0.15) is 5.82 Å². The van der Waals surface area contributed by atoms with E-state index in [0.29, 0.717) is 0 Å². The first-order valence-electron chi connectivity index (χ1n) is 6.76. The molecule has 0 saturated heterocycles. The Morgan fingerprint density at radius 3 is 2.58 bits per heavy atom. The van der Waals surface area contributed by atoms with Gasteiger partial charge in [-0.1, -0.05) is 33.3 Å². The number of benzene rings is 1. The summed E-state index contributed by atoms with van der Waals surface area (Å²) in [4.78, 5) is 4.39. The Balaban J connectivity index is 2.56. The standard InChI is InChI=1S/C17H20FN/c1-4-10-17(2,3)15-12-13(18)8-9-14(15)16-7-5-6-11-19-16/h5-9,11-12H,4,10H2,1-3H3. The fourth-order valence-corrected chi connectivity index (χ4v) is 2.58. The Bertz CT molecular complexity index is 546. The van der Waals surface area contributed by atoms with Crippen LogP contribution >= 0.6 is 0 Å². The van der Waals surface area contributed by atoms with Crippen molar-refractivity contribution < 1.29 is 4.39 Å². The van der Waals surface area contributed by atoms with Crippen molar-refractivity contribution in [3.63, 3.8) is 0 Å². The number of hydrogen-bond donors (Lipinski definition) is 0. The molecule has 0 atom stereocenters. The molecule has 0 fully saturated rings. The number of nitrogens with zero attached hydrogens (tertiary/aromatic N) is 1. The van der Waals surface area contributed by atoms with E-state index in [9.17, 15) is 4.39 Å². The van der Waals surface area contributed by atoms with Crippen LogP contribution in [0.4, 0.5) is 4.39 Å². The van der Waals surface area contributed by atoms with E-state index >= 15 is 0 Å². The molecule has 2 rings (SSSR count). The molecule has 2 heteroatoms. The smallest absolute Gasteiger partial charge is 0.123 e. The Labute approximate surface area is 114 Å². The Morgan fingerprint density at radius 1 is 1.16 bits per heavy atom. The van der Waals surface area contributed by atoms with Gasteiger partial charge in [0.2, 0.25) is 0 Å². The lowest BCUT2D eigenvalue weighted by Gasteiger charge is -2.27. The highest BCUT2D eigenvalue weighted by Gasteiger charge is 2.24. The van der Waals surface area contributed by atoms with Gasteiger partial charge in [0, 0.05) is 11.8 Å². The summed E-state index contributed by atoms with van der Waals surface area (Å²) in [6.07, 6.45) is 3.87. The van der Waals surface area contributed by atoms with E-state index in [1.54, 1.807) is 12.3 Å². The molecule has 1 aromatic carbocycles. The normalized spacial score (nSPS) is 11.6. The minimum Gasteiger partial charge on any atom is -0.256 e. The maximum atomic E-state index is 13.6. The van der Waals surface area contributed by atoms with Gasteiger partial charge in [0.05, 0.1) is 5.69 Å². The van der Waals surface area contributed by atoms with E-state index in [1.165, 1.54) is 6.07 Å². The molecular formula is C17H20FN. The molecule has 0 aliphatic carbocycles. The van der Waals surface area contributed by atoms with Gasteiger partial charge in [-0.15, -0.1) is 0 Å². The summed E-state index contributed by atoms with van der Waals surface area (Å²) >= 11 is 0. The monoisotopic (exact) mass is 257 g/mol. The maximum absolute atomic E-state index is 13.6. The minimum atomic E-state index is -0.182. The lowest BCUT2D eigenvalue weighted by Crippen LogP contribution is -2.18. The van der Waals surface area contributed by atoms with Crippen LogP contribution in [-0.4, -0.2) is 4.98 Å². The molecular weight excluding hydrogens is 237 g/mol. The number of pyridine rings is 1. The van der Waals surface area contributed by atoms with Crippen molar-refractivity contribution in [2.24, 2.45) is 0 Å². The van der Waals surface area contributed by atoms with Gasteiger partial charge in [-0.25, -0.2) is 4.39 Å². The molecule has 2 aromatic rings. The first kappa shape index (κ1) is 13.7. The molecule has 0 bridgehead atoms. The van der Waals surface area contributed by atoms with Crippen LogP contribution in [0.25, 0.3) is 11.3 Å². The number of hydrogen-bond acceptors (Lipinski definition) is 1. The van der Waals surface area contributed by atoms with Gasteiger partial charge < -0.3 is 0 Å². The second-order valence-electron chi connectivity index (χ2n) is 5.54. The summed E-state index contributed by atoms with van der Waals surface area (Å²) in [5.41, 5.74) is 2.92. The van der Waals surface area contributed by atoms with E-state index in [0.717, 1.165) is 29.7 Å². The minimum absolute atomic E-state index is 0.0519. The molecule has 1 heterocycles. The molecule has 0 aliphatic rings. The van der Waals surface area contributed by atoms with E-state index in [2.05, 4.69) is 25.8 Å². The fraction of sp³-hybridized carbons (Fsp3) is 0.353. The zero-order valence-corrected chi connectivity index (χ0v) is 11.8. The van der Waals surface area contributed by atoms with Gasteiger partial charge in [-0.05, 0) is 47.7 Å². The van der Waals surface area contributed by atoms with Crippen molar-refractivity contribution in [3.8, 4) is 11.3 Å². The summed E-state index contributed by atoms with van der Waals surface area (Å²) in [6, 6.07) is 10.8. The summed E-state index contributed by atoms with van der Waals surface area (Å²) in [6.45, 7) is 6.48. The molecule has 0 unspecified atom stereocenters. The Kier molecular flexibility index (Phi) is 3.98. The largest absolute Gasteiger partial charge is 0.256 e. The number of rotatable bonds is 4. The van der Waals surface area contributed by atoms with Gasteiger partial charge in [-0.3, -0.25) is 4.98 Å². The molecule has 1 aromatic heterocycles. The molecule has 0 aliphatic heterocycles. The molecule has 0 saturated carbocycles. The van der Waals surface area contributed by atoms with Crippen LogP contribution in [0.5, 0.6) is 0 Å².